The van der Waals surface area contributed by atoms with Gasteiger partial charge in [-0.05, 0) is 31.0 Å². The molecule has 0 atom stereocenters. The Kier molecular flexibility index (Phi) is 4.92. The zero-order valence-electron chi connectivity index (χ0n) is 19.0. The van der Waals surface area contributed by atoms with Crippen molar-refractivity contribution in [3.05, 3.63) is 80.3 Å². The number of fused-ring (bicyclic) bond motifs is 1. The highest BCUT2D eigenvalue weighted by molar-refractivity contribution is 6.05. The first kappa shape index (κ1) is 20.8. The van der Waals surface area contributed by atoms with E-state index in [9.17, 15) is 9.59 Å². The second-order valence-corrected chi connectivity index (χ2v) is 8.41. The number of aromatic amines is 1. The molecule has 5 rings (SSSR count). The monoisotopic (exact) mass is 443 g/mol. The Bertz CT molecular complexity index is 1530. The van der Waals surface area contributed by atoms with Crippen molar-refractivity contribution < 1.29 is 4.74 Å². The third-order valence-corrected chi connectivity index (χ3v) is 6.00. The van der Waals surface area contributed by atoms with E-state index in [0.717, 1.165) is 40.5 Å². The molecule has 4 heterocycles. The van der Waals surface area contributed by atoms with Crippen LogP contribution in [0.15, 0.2) is 57.3 Å². The van der Waals surface area contributed by atoms with Crippen LogP contribution in [0.4, 0.5) is 0 Å². The molecule has 0 radical (unpaired) electrons. The van der Waals surface area contributed by atoms with Crippen molar-refractivity contribution in [2.45, 2.75) is 13.8 Å². The van der Waals surface area contributed by atoms with Crippen LogP contribution < -0.4 is 21.2 Å². The van der Waals surface area contributed by atoms with Crippen LogP contribution in [0.3, 0.4) is 0 Å². The maximum Gasteiger partial charge on any atom is 0.274 e. The molecular formula is C25H25N5O3. The minimum atomic E-state index is -0.168. The Morgan fingerprint density at radius 1 is 1.00 bits per heavy atom. The summed E-state index contributed by atoms with van der Waals surface area (Å²) >= 11 is 0. The van der Waals surface area contributed by atoms with E-state index in [1.165, 1.54) is 9.13 Å². The highest BCUT2D eigenvalue weighted by Crippen LogP contribution is 2.37. The van der Waals surface area contributed by atoms with Crippen molar-refractivity contribution in [1.29, 1.82) is 0 Å². The number of hydrogen-bond donors (Lipinski definition) is 2. The molecule has 168 valence electrons. The van der Waals surface area contributed by atoms with Gasteiger partial charge in [0.05, 0.1) is 18.4 Å². The summed E-state index contributed by atoms with van der Waals surface area (Å²) in [5, 5.41) is 3.94. The van der Waals surface area contributed by atoms with Crippen LogP contribution in [0.5, 0.6) is 11.5 Å². The van der Waals surface area contributed by atoms with Crippen LogP contribution in [-0.4, -0.2) is 33.0 Å². The maximum absolute atomic E-state index is 12.9. The number of aliphatic imine (C=N–C) groups is 1. The molecule has 33 heavy (non-hydrogen) atoms. The highest BCUT2D eigenvalue weighted by Gasteiger charge is 2.20. The lowest BCUT2D eigenvalue weighted by atomic mass is 10.0. The van der Waals surface area contributed by atoms with Gasteiger partial charge in [-0.2, -0.15) is 0 Å². The fourth-order valence-corrected chi connectivity index (χ4v) is 4.22. The fraction of sp³-hybridized carbons (Fsp3) is 0.240. The van der Waals surface area contributed by atoms with Crippen molar-refractivity contribution >= 4 is 16.7 Å². The molecule has 0 amide bonds. The number of nitrogens with one attached hydrogen (secondary N) is 2. The number of pyridine rings is 2. The van der Waals surface area contributed by atoms with Crippen LogP contribution >= 0.6 is 0 Å². The van der Waals surface area contributed by atoms with Gasteiger partial charge in [0.2, 0.25) is 0 Å². The van der Waals surface area contributed by atoms with E-state index in [2.05, 4.69) is 15.3 Å². The Hall–Kier alpha value is -4.07. The lowest BCUT2D eigenvalue weighted by molar-refractivity contribution is 0.470. The SMILES string of the molecule is Cc1cccc(C)c1Oc1cn(C)c(=O)cc1-c1cn(C)c(=O)c2[nH]c(C3=NCCN3)cc12. The molecule has 0 unspecified atom stereocenters. The van der Waals surface area contributed by atoms with Crippen LogP contribution in [0.1, 0.15) is 16.8 Å². The Labute approximate surface area is 190 Å². The predicted molar refractivity (Wildman–Crippen MR) is 130 cm³/mol. The number of nitrogens with zero attached hydrogens (tertiary/aromatic N) is 3. The number of para-hydroxylation sites is 1. The first-order chi connectivity index (χ1) is 15.8. The first-order valence-electron chi connectivity index (χ1n) is 10.8. The van der Waals surface area contributed by atoms with Gasteiger partial charge in [0.15, 0.2) is 5.75 Å². The quantitative estimate of drug-likeness (QED) is 0.507. The van der Waals surface area contributed by atoms with Crippen molar-refractivity contribution in [3.8, 4) is 22.6 Å². The lowest BCUT2D eigenvalue weighted by Gasteiger charge is -2.17. The van der Waals surface area contributed by atoms with Crippen LogP contribution in [0, 0.1) is 13.8 Å². The van der Waals surface area contributed by atoms with E-state index in [0.29, 0.717) is 28.8 Å². The van der Waals surface area contributed by atoms with Crippen LogP contribution in [-0.2, 0) is 14.1 Å². The van der Waals surface area contributed by atoms with Gasteiger partial charge in [0.1, 0.15) is 17.1 Å². The summed E-state index contributed by atoms with van der Waals surface area (Å²) < 4.78 is 9.40. The third kappa shape index (κ3) is 3.53. The number of benzene rings is 1. The molecule has 0 fully saturated rings. The molecule has 0 saturated heterocycles. The maximum atomic E-state index is 12.9. The smallest absolute Gasteiger partial charge is 0.274 e. The number of aromatic nitrogens is 3. The summed E-state index contributed by atoms with van der Waals surface area (Å²) in [6, 6.07) is 9.42. The third-order valence-electron chi connectivity index (χ3n) is 6.00. The number of hydrogen-bond acceptors (Lipinski definition) is 5. The largest absolute Gasteiger partial charge is 0.455 e. The molecule has 1 aromatic carbocycles. The first-order valence-corrected chi connectivity index (χ1v) is 10.8. The molecule has 8 nitrogen and oxygen atoms in total. The zero-order chi connectivity index (χ0) is 23.3. The van der Waals surface area contributed by atoms with Crippen molar-refractivity contribution in [3.63, 3.8) is 0 Å². The molecule has 3 aromatic heterocycles. The summed E-state index contributed by atoms with van der Waals surface area (Å²) in [4.78, 5) is 33.2. The predicted octanol–water partition coefficient (Wildman–Crippen LogP) is 2.99. The minimum absolute atomic E-state index is 0.153. The van der Waals surface area contributed by atoms with Crippen molar-refractivity contribution in [1.82, 2.24) is 19.4 Å². The van der Waals surface area contributed by atoms with E-state index in [1.54, 1.807) is 32.6 Å². The summed E-state index contributed by atoms with van der Waals surface area (Å²) in [5.41, 5.74) is 4.22. The lowest BCUT2D eigenvalue weighted by Crippen LogP contribution is -2.20. The summed E-state index contributed by atoms with van der Waals surface area (Å²) in [5.74, 6) is 2.02. The number of ether oxygens (including phenoxy) is 1. The minimum Gasteiger partial charge on any atom is -0.455 e. The van der Waals surface area contributed by atoms with E-state index < -0.39 is 0 Å². The van der Waals surface area contributed by atoms with Crippen LogP contribution in [0.25, 0.3) is 22.0 Å². The second-order valence-electron chi connectivity index (χ2n) is 8.41. The summed E-state index contributed by atoms with van der Waals surface area (Å²) in [6.07, 6.45) is 3.44. The summed E-state index contributed by atoms with van der Waals surface area (Å²) in [7, 11) is 3.39. The van der Waals surface area contributed by atoms with E-state index in [4.69, 9.17) is 4.74 Å². The number of amidine groups is 1. The Morgan fingerprint density at radius 3 is 2.45 bits per heavy atom. The van der Waals surface area contributed by atoms with E-state index in [1.807, 2.05) is 38.1 Å². The molecule has 8 heteroatoms. The van der Waals surface area contributed by atoms with Crippen LogP contribution in [0.2, 0.25) is 0 Å². The topological polar surface area (TPSA) is 93.4 Å². The number of H-pyrrole nitrogens is 1. The Balaban J connectivity index is 1.76. The average Bonchev–Trinajstić information content (AvgIpc) is 3.46. The van der Waals surface area contributed by atoms with Crippen molar-refractivity contribution in [2.75, 3.05) is 13.1 Å². The molecule has 0 bridgehead atoms. The molecule has 1 aliphatic rings. The van der Waals surface area contributed by atoms with E-state index >= 15 is 0 Å². The van der Waals surface area contributed by atoms with E-state index in [-0.39, 0.29) is 11.1 Å². The molecule has 1 aliphatic heterocycles. The van der Waals surface area contributed by atoms with Gasteiger partial charge >= 0.3 is 0 Å². The van der Waals surface area contributed by atoms with Gasteiger partial charge in [-0.3, -0.25) is 14.6 Å². The van der Waals surface area contributed by atoms with Gasteiger partial charge in [-0.25, -0.2) is 0 Å². The molecule has 2 N–H and O–H groups in total. The van der Waals surface area contributed by atoms with Gasteiger partial charge in [0, 0.05) is 49.4 Å². The summed E-state index contributed by atoms with van der Waals surface area (Å²) in [6.45, 7) is 5.43. The van der Waals surface area contributed by atoms with Crippen molar-refractivity contribution in [2.24, 2.45) is 19.1 Å². The number of aryl methyl sites for hydroxylation is 4. The fourth-order valence-electron chi connectivity index (χ4n) is 4.22. The average molecular weight is 444 g/mol. The molecule has 4 aromatic rings. The number of rotatable bonds is 4. The van der Waals surface area contributed by atoms with Gasteiger partial charge < -0.3 is 24.2 Å². The molecule has 0 spiro atoms. The highest BCUT2D eigenvalue weighted by atomic mass is 16.5. The Morgan fingerprint density at radius 2 is 1.76 bits per heavy atom. The van der Waals surface area contributed by atoms with Gasteiger partial charge in [-0.1, -0.05) is 18.2 Å². The standard InChI is InChI=1S/C25H25N5O3/c1-14-6-5-7-15(2)23(14)33-20-13-29(3)21(31)11-16(20)18-12-30(4)25(32)22-17(18)10-19(28-22)24-26-8-9-27-24/h5-7,10-13,28H,8-9H2,1-4H3,(H,26,27). The normalized spacial score (nSPS) is 13.3. The molecule has 0 aliphatic carbocycles. The van der Waals surface area contributed by atoms with Gasteiger partial charge in [0.25, 0.3) is 11.1 Å². The molecular weight excluding hydrogens is 418 g/mol. The molecule has 0 saturated carbocycles. The second kappa shape index (κ2) is 7.81. The van der Waals surface area contributed by atoms with Gasteiger partial charge in [-0.15, -0.1) is 0 Å². The zero-order valence-corrected chi connectivity index (χ0v) is 19.0.